The van der Waals surface area contributed by atoms with E-state index in [9.17, 15) is 20.1 Å². The lowest BCUT2D eigenvalue weighted by Gasteiger charge is -2.34. The Balaban J connectivity index is 2.01. The summed E-state index contributed by atoms with van der Waals surface area (Å²) in [5.74, 6) is -0.665. The summed E-state index contributed by atoms with van der Waals surface area (Å²) in [6, 6.07) is 0. The van der Waals surface area contributed by atoms with E-state index in [4.69, 9.17) is 4.74 Å². The highest BCUT2D eigenvalue weighted by Gasteiger charge is 2.55. The highest BCUT2D eigenvalue weighted by molar-refractivity contribution is 5.92. The van der Waals surface area contributed by atoms with Gasteiger partial charge in [0.05, 0.1) is 11.7 Å². The second-order valence-electron chi connectivity index (χ2n) is 7.21. The van der Waals surface area contributed by atoms with Crippen LogP contribution in [0.25, 0.3) is 0 Å². The smallest absolute Gasteiger partial charge is 0.334 e. The number of carbonyl (C=O) groups is 1. The molecule has 0 radical (unpaired) electrons. The van der Waals surface area contributed by atoms with Crippen molar-refractivity contribution in [3.05, 3.63) is 11.1 Å². The van der Waals surface area contributed by atoms with Gasteiger partial charge in [0.2, 0.25) is 0 Å². The first kappa shape index (κ1) is 14.0. The summed E-state index contributed by atoms with van der Waals surface area (Å²) in [4.78, 5) is 11.8. The van der Waals surface area contributed by atoms with Gasteiger partial charge in [0.25, 0.3) is 0 Å². The van der Waals surface area contributed by atoms with E-state index in [2.05, 4.69) is 0 Å². The van der Waals surface area contributed by atoms with Crippen molar-refractivity contribution in [3.63, 3.8) is 0 Å². The fraction of sp³-hybridized carbons (Fsp3) is 0.800. The van der Waals surface area contributed by atoms with Crippen molar-refractivity contribution in [1.29, 1.82) is 0 Å². The Morgan fingerprint density at radius 1 is 1.35 bits per heavy atom. The van der Waals surface area contributed by atoms with E-state index in [1.807, 2.05) is 6.92 Å². The van der Waals surface area contributed by atoms with Gasteiger partial charge in [-0.05, 0) is 37.0 Å². The fourth-order valence-electron chi connectivity index (χ4n) is 4.26. The molecule has 20 heavy (non-hydrogen) atoms. The molecule has 0 bridgehead atoms. The third kappa shape index (κ3) is 1.91. The Hall–Kier alpha value is -0.910. The van der Waals surface area contributed by atoms with Crippen molar-refractivity contribution >= 4 is 5.97 Å². The van der Waals surface area contributed by atoms with Crippen molar-refractivity contribution in [2.45, 2.75) is 44.8 Å². The monoisotopic (exact) mass is 282 g/mol. The average Bonchev–Trinajstić information content (AvgIpc) is 2.90. The zero-order valence-corrected chi connectivity index (χ0v) is 11.9. The largest absolute Gasteiger partial charge is 0.458 e. The van der Waals surface area contributed by atoms with Crippen molar-refractivity contribution < 1.29 is 24.9 Å². The number of hydrogen-bond donors (Lipinski definition) is 3. The van der Waals surface area contributed by atoms with E-state index >= 15 is 0 Å². The van der Waals surface area contributed by atoms with Gasteiger partial charge in [-0.2, -0.15) is 0 Å². The molecule has 2 aliphatic carbocycles. The molecule has 0 spiro atoms. The molecule has 112 valence electrons. The minimum atomic E-state index is -1.06. The molecule has 1 fully saturated rings. The molecule has 0 aromatic rings. The summed E-state index contributed by atoms with van der Waals surface area (Å²) in [5.41, 5.74) is -0.256. The SMILES string of the molecule is C[C@@]1(CO)C[C@@H]2[C@@H](C1)[C@@](C)(O)CC1=C(COC1=O)[C@@H]2O. The number of aliphatic hydroxyl groups is 3. The zero-order chi connectivity index (χ0) is 14.7. The Kier molecular flexibility index (Phi) is 3.01. The first-order chi connectivity index (χ1) is 9.27. The van der Waals surface area contributed by atoms with Gasteiger partial charge in [0.15, 0.2) is 0 Å². The molecule has 0 aromatic heterocycles. The van der Waals surface area contributed by atoms with Crippen molar-refractivity contribution in [1.82, 2.24) is 0 Å². The highest BCUT2D eigenvalue weighted by Crippen LogP contribution is 2.55. The van der Waals surface area contributed by atoms with Crippen molar-refractivity contribution in [3.8, 4) is 0 Å². The number of cyclic esters (lactones) is 1. The van der Waals surface area contributed by atoms with Gasteiger partial charge in [0, 0.05) is 24.2 Å². The van der Waals surface area contributed by atoms with E-state index in [0.29, 0.717) is 24.0 Å². The number of ether oxygens (including phenoxy) is 1. The lowest BCUT2D eigenvalue weighted by Crippen LogP contribution is -2.39. The number of aliphatic hydroxyl groups excluding tert-OH is 2. The Bertz CT molecular complexity index is 481. The maximum atomic E-state index is 11.8. The molecule has 0 amide bonds. The lowest BCUT2D eigenvalue weighted by molar-refractivity contribution is -0.137. The van der Waals surface area contributed by atoms with Crippen LogP contribution >= 0.6 is 0 Å². The maximum absolute atomic E-state index is 11.8. The number of esters is 1. The van der Waals surface area contributed by atoms with Crippen LogP contribution in [0, 0.1) is 17.3 Å². The molecule has 3 N–H and O–H groups in total. The predicted octanol–water partition coefficient (Wildman–Crippen LogP) is 0.380. The van der Waals surface area contributed by atoms with Crippen molar-refractivity contribution in [2.24, 2.45) is 17.3 Å². The summed E-state index contributed by atoms with van der Waals surface area (Å²) in [6.07, 6.45) is 0.773. The van der Waals surface area contributed by atoms with Crippen LogP contribution in [0.15, 0.2) is 11.1 Å². The summed E-state index contributed by atoms with van der Waals surface area (Å²) in [7, 11) is 0. The molecule has 3 rings (SSSR count). The zero-order valence-electron chi connectivity index (χ0n) is 11.9. The average molecular weight is 282 g/mol. The Morgan fingerprint density at radius 3 is 2.70 bits per heavy atom. The third-order valence-electron chi connectivity index (χ3n) is 5.43. The maximum Gasteiger partial charge on any atom is 0.334 e. The lowest BCUT2D eigenvalue weighted by atomic mass is 9.78. The number of rotatable bonds is 1. The van der Waals surface area contributed by atoms with E-state index < -0.39 is 17.7 Å². The topological polar surface area (TPSA) is 87.0 Å². The fourth-order valence-corrected chi connectivity index (χ4v) is 4.26. The van der Waals surface area contributed by atoms with Crippen LogP contribution in [0.4, 0.5) is 0 Å². The number of hydrogen-bond acceptors (Lipinski definition) is 5. The van der Waals surface area contributed by atoms with E-state index in [1.165, 1.54) is 0 Å². The quantitative estimate of drug-likeness (QED) is 0.605. The van der Waals surface area contributed by atoms with E-state index in [0.717, 1.165) is 0 Å². The van der Waals surface area contributed by atoms with Crippen LogP contribution in [0.1, 0.15) is 33.1 Å². The highest BCUT2D eigenvalue weighted by atomic mass is 16.5. The van der Waals surface area contributed by atoms with Gasteiger partial charge in [-0.1, -0.05) is 6.92 Å². The second kappa shape index (κ2) is 4.29. The molecular weight excluding hydrogens is 260 g/mol. The van der Waals surface area contributed by atoms with Crippen LogP contribution in [0.3, 0.4) is 0 Å². The molecule has 1 saturated carbocycles. The predicted molar refractivity (Wildman–Crippen MR) is 70.6 cm³/mol. The van der Waals surface area contributed by atoms with Crippen LogP contribution in [-0.2, 0) is 9.53 Å². The van der Waals surface area contributed by atoms with Crippen LogP contribution < -0.4 is 0 Å². The summed E-state index contributed by atoms with van der Waals surface area (Å²) < 4.78 is 5.01. The molecule has 5 heteroatoms. The second-order valence-corrected chi connectivity index (χ2v) is 7.21. The minimum Gasteiger partial charge on any atom is -0.458 e. The standard InChI is InChI=1S/C15H22O5/c1-14(7-16)3-9-11(5-14)15(2,19)4-8-10(12(9)17)6-20-13(8)18/h9,11-12,16-17,19H,3-7H2,1-2H3/t9-,11-,12-,14-,15+/m1/s1. The first-order valence-corrected chi connectivity index (χ1v) is 7.18. The molecule has 3 aliphatic rings. The summed E-state index contributed by atoms with van der Waals surface area (Å²) in [6.45, 7) is 3.88. The Labute approximate surface area is 118 Å². The van der Waals surface area contributed by atoms with Gasteiger partial charge in [-0.15, -0.1) is 0 Å². The summed E-state index contributed by atoms with van der Waals surface area (Å²) in [5, 5.41) is 31.0. The molecule has 1 aliphatic heterocycles. The third-order valence-corrected chi connectivity index (χ3v) is 5.43. The molecular formula is C15H22O5. The minimum absolute atomic E-state index is 0.0458. The normalized spacial score (nSPS) is 47.9. The van der Waals surface area contributed by atoms with E-state index in [-0.39, 0.29) is 36.9 Å². The van der Waals surface area contributed by atoms with Crippen LogP contribution in [0.2, 0.25) is 0 Å². The molecule has 0 saturated heterocycles. The number of carbonyl (C=O) groups excluding carboxylic acids is 1. The number of fused-ring (bicyclic) bond motifs is 1. The van der Waals surface area contributed by atoms with Crippen LogP contribution in [0.5, 0.6) is 0 Å². The van der Waals surface area contributed by atoms with Gasteiger partial charge in [0.1, 0.15) is 6.61 Å². The molecule has 0 aromatic carbocycles. The van der Waals surface area contributed by atoms with Gasteiger partial charge >= 0.3 is 5.97 Å². The van der Waals surface area contributed by atoms with E-state index in [1.54, 1.807) is 6.92 Å². The van der Waals surface area contributed by atoms with Gasteiger partial charge in [-0.25, -0.2) is 4.79 Å². The molecule has 1 heterocycles. The van der Waals surface area contributed by atoms with Gasteiger partial charge in [-0.3, -0.25) is 0 Å². The molecule has 5 atom stereocenters. The Morgan fingerprint density at radius 2 is 2.05 bits per heavy atom. The molecule has 5 nitrogen and oxygen atoms in total. The molecule has 0 unspecified atom stereocenters. The first-order valence-electron chi connectivity index (χ1n) is 7.18. The van der Waals surface area contributed by atoms with Crippen molar-refractivity contribution in [2.75, 3.05) is 13.2 Å². The summed E-state index contributed by atoms with van der Waals surface area (Å²) >= 11 is 0. The van der Waals surface area contributed by atoms with Crippen LogP contribution in [-0.4, -0.2) is 46.2 Å². The van der Waals surface area contributed by atoms with Gasteiger partial charge < -0.3 is 20.1 Å².